The highest BCUT2D eigenvalue weighted by atomic mass is 16.6. The van der Waals surface area contributed by atoms with Gasteiger partial charge in [0.05, 0.1) is 30.8 Å². The van der Waals surface area contributed by atoms with Gasteiger partial charge in [-0.25, -0.2) is 19.7 Å². The van der Waals surface area contributed by atoms with Gasteiger partial charge in [-0.3, -0.25) is 14.4 Å². The average Bonchev–Trinajstić information content (AvgIpc) is 4.09. The lowest BCUT2D eigenvalue weighted by Crippen LogP contribution is -2.39. The highest BCUT2D eigenvalue weighted by Crippen LogP contribution is 2.34. The van der Waals surface area contributed by atoms with E-state index in [0.29, 0.717) is 36.3 Å². The Balaban J connectivity index is 1.60. The van der Waals surface area contributed by atoms with Crippen LogP contribution in [0.1, 0.15) is 104 Å². The molecule has 19 heteroatoms. The third-order valence-corrected chi connectivity index (χ3v) is 12.8. The number of Topliss-reactive ketones (excluding diaryl/α,β-unsaturated/α-hetero) is 1. The Hall–Kier alpha value is -5.21. The van der Waals surface area contributed by atoms with E-state index < -0.39 is 72.5 Å². The number of amides is 2. The number of ether oxygens (including phenoxy) is 6. The van der Waals surface area contributed by atoms with Gasteiger partial charge in [-0.05, 0) is 43.6 Å². The Morgan fingerprint density at radius 2 is 1.63 bits per heavy atom. The molecule has 67 heavy (non-hydrogen) atoms. The van der Waals surface area contributed by atoms with E-state index >= 15 is 0 Å². The number of oxazole rings is 3. The van der Waals surface area contributed by atoms with Crippen LogP contribution in [0.4, 0.5) is 4.79 Å². The summed E-state index contributed by atoms with van der Waals surface area (Å²) in [4.78, 5) is 65.7. The zero-order valence-electron chi connectivity index (χ0n) is 40.7. The number of cyclic esters (lactones) is 1. The fourth-order valence-electron chi connectivity index (χ4n) is 8.69. The molecule has 3 N–H and O–H groups in total. The zero-order valence-corrected chi connectivity index (χ0v) is 40.7. The monoisotopic (exact) mass is 941 g/mol. The third-order valence-electron chi connectivity index (χ3n) is 12.8. The minimum absolute atomic E-state index is 0.0194. The van der Waals surface area contributed by atoms with Crippen LogP contribution in [-0.2, 0) is 42.8 Å². The van der Waals surface area contributed by atoms with Crippen molar-refractivity contribution in [1.82, 2.24) is 19.9 Å². The lowest BCUT2D eigenvalue weighted by atomic mass is 9.84. The maximum Gasteiger partial charge on any atom is 0.404 e. The standard InChI is InChI=1S/C48H71N5O14/c1-27-19-33(66-48(49)58)21-43(57)67-41(22-40(60-9)28(2)15-16-37(55)30(4)44(61-10)29(3)17-18-53(7)26-54)32(6)39(59-8)13-12-14-42-50-35(24-63-42)46-52-36(25-65-46)47-51-34(23-64-47)45(62-11)31(5)38(56)20-27/h12,14,17-18,23-33,38-41,44-45,56H,13,15-16,19-22H2,1-11H3,(H2,49,58)/b14-12?,18-17+/t27-,28-,29+,30-,31-,32+,33-,38+,39-,40+,41-,44+,45+/m0/s1. The van der Waals surface area contributed by atoms with Crippen molar-refractivity contribution in [2.24, 2.45) is 41.2 Å². The van der Waals surface area contributed by atoms with Crippen molar-refractivity contribution in [2.45, 2.75) is 129 Å². The Morgan fingerprint density at radius 3 is 2.28 bits per heavy atom. The van der Waals surface area contributed by atoms with Gasteiger partial charge in [-0.1, -0.05) is 53.7 Å². The molecule has 3 aromatic heterocycles. The second kappa shape index (κ2) is 26.4. The molecule has 0 aliphatic carbocycles. The summed E-state index contributed by atoms with van der Waals surface area (Å²) in [6, 6.07) is 0. The smallest absolute Gasteiger partial charge is 0.404 e. The largest absolute Gasteiger partial charge is 0.462 e. The van der Waals surface area contributed by atoms with E-state index in [1.807, 2.05) is 53.7 Å². The van der Waals surface area contributed by atoms with Crippen molar-refractivity contribution in [1.29, 1.82) is 0 Å². The molecule has 0 radical (unpaired) electrons. The number of esters is 1. The second-order valence-electron chi connectivity index (χ2n) is 17.9. The second-order valence-corrected chi connectivity index (χ2v) is 17.9. The summed E-state index contributed by atoms with van der Waals surface area (Å²) in [6.07, 6.45) is 7.75. The zero-order chi connectivity index (χ0) is 49.4. The van der Waals surface area contributed by atoms with Crippen LogP contribution in [0.15, 0.2) is 50.4 Å². The molecule has 19 nitrogen and oxygen atoms in total. The maximum absolute atomic E-state index is 14.0. The Labute approximate surface area is 393 Å². The molecule has 0 saturated heterocycles. The predicted molar refractivity (Wildman–Crippen MR) is 244 cm³/mol. The van der Waals surface area contributed by atoms with Crippen LogP contribution in [-0.4, -0.2) is 121 Å². The number of hydrogen-bond acceptors (Lipinski definition) is 17. The molecule has 372 valence electrons. The SMILES string of the molecule is CO[C@H]([C@H](C)/C=C/N(C)C=O)[C@@H](C)C(=O)CC[C@H](C)[C@@H](C[C@@H]1OC(=O)C[C@@H](OC(N)=O)C[C@H](C)C[C@@H](O)[C@H](C)[C@@H](OC)c2coc(n2)-c2coc(n2)-c2coc(n2)C=CC[C@H](OC)[C@H]1C)OC. The van der Waals surface area contributed by atoms with Gasteiger partial charge in [0.15, 0.2) is 11.4 Å². The Morgan fingerprint density at radius 1 is 0.940 bits per heavy atom. The number of aromatic nitrogens is 3. The number of aliphatic hydroxyl groups is 1. The van der Waals surface area contributed by atoms with Crippen LogP contribution in [0.2, 0.25) is 0 Å². The molecule has 4 rings (SSSR count). The van der Waals surface area contributed by atoms with E-state index in [0.717, 1.165) is 0 Å². The normalized spacial score (nSPS) is 25.8. The summed E-state index contributed by atoms with van der Waals surface area (Å²) in [5.41, 5.74) is 6.58. The number of carbonyl (C=O) groups excluding carboxylic acids is 4. The number of ketones is 1. The predicted octanol–water partition coefficient (Wildman–Crippen LogP) is 7.20. The summed E-state index contributed by atoms with van der Waals surface area (Å²) in [7, 11) is 7.86. The lowest BCUT2D eigenvalue weighted by Gasteiger charge is -2.34. The minimum atomic E-state index is -1.05. The number of hydrogen-bond donors (Lipinski definition) is 2. The number of methoxy groups -OCH3 is 4. The lowest BCUT2D eigenvalue weighted by molar-refractivity contribution is -0.160. The van der Waals surface area contributed by atoms with E-state index in [9.17, 15) is 24.3 Å². The van der Waals surface area contributed by atoms with Crippen LogP contribution >= 0.6 is 0 Å². The molecule has 0 unspecified atom stereocenters. The van der Waals surface area contributed by atoms with Crippen molar-refractivity contribution in [3.8, 4) is 23.2 Å². The van der Waals surface area contributed by atoms with Gasteiger partial charge in [0.1, 0.15) is 48.6 Å². The summed E-state index contributed by atoms with van der Waals surface area (Å²) >= 11 is 0. The van der Waals surface area contributed by atoms with E-state index in [1.54, 1.807) is 40.7 Å². The molecule has 0 saturated carbocycles. The highest BCUT2D eigenvalue weighted by Gasteiger charge is 2.36. The first-order valence-corrected chi connectivity index (χ1v) is 22.8. The molecule has 2 amide bonds. The summed E-state index contributed by atoms with van der Waals surface area (Å²) in [6.45, 7) is 11.4. The van der Waals surface area contributed by atoms with Crippen molar-refractivity contribution in [2.75, 3.05) is 35.5 Å². The van der Waals surface area contributed by atoms with Gasteiger partial charge in [-0.2, -0.15) is 0 Å². The number of nitrogens with two attached hydrogens (primary N) is 1. The Bertz CT molecular complexity index is 2060. The molecule has 1 aliphatic rings. The molecule has 1 aliphatic heterocycles. The van der Waals surface area contributed by atoms with Gasteiger partial charge in [0, 0.05) is 78.2 Å². The summed E-state index contributed by atoms with van der Waals surface area (Å²) in [5, 5.41) is 11.4. The molecule has 6 bridgehead atoms. The van der Waals surface area contributed by atoms with E-state index in [1.165, 1.54) is 30.8 Å². The number of nitrogens with zero attached hydrogens (tertiary/aromatic N) is 4. The molecule has 4 heterocycles. The minimum Gasteiger partial charge on any atom is -0.462 e. The first kappa shape index (κ1) is 54.4. The average molecular weight is 942 g/mol. The van der Waals surface area contributed by atoms with Gasteiger partial charge < -0.3 is 57.4 Å². The van der Waals surface area contributed by atoms with E-state index in [2.05, 4.69) is 15.0 Å². The number of fused-ring (bicyclic) bond motifs is 8. The van der Waals surface area contributed by atoms with Crippen LogP contribution in [0.3, 0.4) is 0 Å². The van der Waals surface area contributed by atoms with E-state index in [4.69, 9.17) is 47.4 Å². The van der Waals surface area contributed by atoms with Gasteiger partial charge in [-0.15, -0.1) is 0 Å². The van der Waals surface area contributed by atoms with Gasteiger partial charge >= 0.3 is 12.1 Å². The fraction of sp³-hybridized carbons (Fsp3) is 0.646. The summed E-state index contributed by atoms with van der Waals surface area (Å²) < 4.78 is 52.4. The van der Waals surface area contributed by atoms with Crippen molar-refractivity contribution >= 4 is 30.3 Å². The molecule has 13 atom stereocenters. The molecule has 0 fully saturated rings. The van der Waals surface area contributed by atoms with Crippen molar-refractivity contribution < 1.29 is 66.0 Å². The summed E-state index contributed by atoms with van der Waals surface area (Å²) in [5.74, 6) is -1.84. The quantitative estimate of drug-likeness (QED) is 0.100. The molecule has 3 aromatic rings. The van der Waals surface area contributed by atoms with Crippen molar-refractivity contribution in [3.05, 3.63) is 48.7 Å². The number of carbonyl (C=O) groups is 4. The molecule has 0 aromatic carbocycles. The van der Waals surface area contributed by atoms with Crippen LogP contribution in [0, 0.1) is 35.5 Å². The topological polar surface area (TPSA) is 251 Å². The van der Waals surface area contributed by atoms with Crippen LogP contribution < -0.4 is 5.73 Å². The van der Waals surface area contributed by atoms with Crippen LogP contribution in [0.5, 0.6) is 0 Å². The fourth-order valence-corrected chi connectivity index (χ4v) is 8.69. The van der Waals surface area contributed by atoms with Gasteiger partial charge in [0.2, 0.25) is 24.1 Å². The van der Waals surface area contributed by atoms with Crippen molar-refractivity contribution in [3.63, 3.8) is 0 Å². The number of aliphatic hydroxyl groups excluding tert-OH is 1. The highest BCUT2D eigenvalue weighted by molar-refractivity contribution is 5.81. The first-order chi connectivity index (χ1) is 31.9. The molecular formula is C48H71N5O14. The Kier molecular flexibility index (Phi) is 21.4. The maximum atomic E-state index is 14.0. The molecule has 0 spiro atoms. The molecular weight excluding hydrogens is 871 g/mol. The number of rotatable bonds is 17. The van der Waals surface area contributed by atoms with E-state index in [-0.39, 0.29) is 73.3 Å². The van der Waals surface area contributed by atoms with Crippen LogP contribution in [0.25, 0.3) is 29.2 Å². The first-order valence-electron chi connectivity index (χ1n) is 22.8. The third kappa shape index (κ3) is 15.7. The number of primary amides is 1. The van der Waals surface area contributed by atoms with Gasteiger partial charge in [0.25, 0.3) is 0 Å².